The second kappa shape index (κ2) is 11.5. The summed E-state index contributed by atoms with van der Waals surface area (Å²) in [5.41, 5.74) is -0.485. The van der Waals surface area contributed by atoms with Crippen LogP contribution in [0.15, 0.2) is 0 Å². The van der Waals surface area contributed by atoms with Crippen LogP contribution in [0.3, 0.4) is 0 Å². The molecule has 0 aromatic rings. The molecule has 0 aliphatic rings. The van der Waals surface area contributed by atoms with Crippen molar-refractivity contribution < 1.29 is 9.59 Å². The van der Waals surface area contributed by atoms with Crippen LogP contribution in [0, 0.1) is 10.8 Å². The van der Waals surface area contributed by atoms with E-state index in [2.05, 4.69) is 24.5 Å². The normalized spacial score (nSPS) is 11.3. The second-order valence-corrected chi connectivity index (χ2v) is 7.72. The van der Waals surface area contributed by atoms with Crippen molar-refractivity contribution in [3.8, 4) is 0 Å². The first-order valence-corrected chi connectivity index (χ1v) is 8.53. The standard InChI is InChI=1S/2C9H19NO/c2*1-5-6-7-10-8(11)9(2,3)4/h2*5-7H2,1-4H3,(H,10,11). The summed E-state index contributed by atoms with van der Waals surface area (Å²) in [5, 5.41) is 5.77. The number of rotatable bonds is 6. The third-order valence-corrected chi connectivity index (χ3v) is 2.99. The summed E-state index contributed by atoms with van der Waals surface area (Å²) in [4.78, 5) is 22.5. The van der Waals surface area contributed by atoms with Gasteiger partial charge >= 0.3 is 0 Å². The first kappa shape index (κ1) is 23.2. The van der Waals surface area contributed by atoms with Crippen LogP contribution in [0.1, 0.15) is 81.1 Å². The molecule has 0 saturated carbocycles. The van der Waals surface area contributed by atoms with E-state index in [1.54, 1.807) is 0 Å². The van der Waals surface area contributed by atoms with Crippen LogP contribution < -0.4 is 10.6 Å². The monoisotopic (exact) mass is 314 g/mol. The molecule has 0 unspecified atom stereocenters. The molecule has 0 aliphatic carbocycles. The predicted molar refractivity (Wildman–Crippen MR) is 94.7 cm³/mol. The maximum atomic E-state index is 11.2. The molecule has 0 atom stereocenters. The van der Waals surface area contributed by atoms with Crippen LogP contribution in [0.5, 0.6) is 0 Å². The number of nitrogens with one attached hydrogen (secondary N) is 2. The lowest BCUT2D eigenvalue weighted by Gasteiger charge is -2.17. The smallest absolute Gasteiger partial charge is 0.225 e. The summed E-state index contributed by atoms with van der Waals surface area (Å²) < 4.78 is 0. The Morgan fingerprint density at radius 2 is 0.955 bits per heavy atom. The van der Waals surface area contributed by atoms with E-state index in [0.29, 0.717) is 0 Å². The first-order valence-electron chi connectivity index (χ1n) is 8.53. The molecule has 0 fully saturated rings. The van der Waals surface area contributed by atoms with E-state index in [1.165, 1.54) is 0 Å². The van der Waals surface area contributed by atoms with Crippen LogP contribution in [0.4, 0.5) is 0 Å². The fraction of sp³-hybridized carbons (Fsp3) is 0.889. The summed E-state index contributed by atoms with van der Waals surface area (Å²) >= 11 is 0. The molecule has 0 saturated heterocycles. The van der Waals surface area contributed by atoms with Gasteiger partial charge in [0.2, 0.25) is 11.8 Å². The van der Waals surface area contributed by atoms with Crippen LogP contribution in [-0.2, 0) is 9.59 Å². The first-order chi connectivity index (χ1) is 9.96. The zero-order valence-electron chi connectivity index (χ0n) is 16.1. The SMILES string of the molecule is CCCCNC(=O)C(C)(C)C.CCCCNC(=O)C(C)(C)C. The average molecular weight is 315 g/mol. The Labute approximate surface area is 137 Å². The molecule has 4 heteroatoms. The van der Waals surface area contributed by atoms with E-state index < -0.39 is 0 Å². The predicted octanol–water partition coefficient (Wildman–Crippen LogP) is 3.90. The second-order valence-electron chi connectivity index (χ2n) is 7.72. The van der Waals surface area contributed by atoms with E-state index in [9.17, 15) is 9.59 Å². The molecule has 0 aliphatic heterocycles. The molecule has 2 amide bonds. The Morgan fingerprint density at radius 1 is 0.682 bits per heavy atom. The van der Waals surface area contributed by atoms with Crippen LogP contribution >= 0.6 is 0 Å². The fourth-order valence-electron chi connectivity index (χ4n) is 1.29. The van der Waals surface area contributed by atoms with Gasteiger partial charge in [0.05, 0.1) is 0 Å². The van der Waals surface area contributed by atoms with Gasteiger partial charge in [-0.05, 0) is 12.8 Å². The quantitative estimate of drug-likeness (QED) is 0.731. The number of hydrogen-bond acceptors (Lipinski definition) is 2. The van der Waals surface area contributed by atoms with E-state index in [0.717, 1.165) is 38.8 Å². The minimum absolute atomic E-state index is 0.144. The van der Waals surface area contributed by atoms with Gasteiger partial charge in [-0.25, -0.2) is 0 Å². The van der Waals surface area contributed by atoms with Crippen molar-refractivity contribution in [3.63, 3.8) is 0 Å². The molecule has 0 radical (unpaired) electrons. The van der Waals surface area contributed by atoms with E-state index in [4.69, 9.17) is 0 Å². The fourth-order valence-corrected chi connectivity index (χ4v) is 1.29. The molecule has 0 spiro atoms. The maximum Gasteiger partial charge on any atom is 0.225 e. The Kier molecular flexibility index (Phi) is 12.1. The van der Waals surface area contributed by atoms with Crippen molar-refractivity contribution >= 4 is 11.8 Å². The van der Waals surface area contributed by atoms with Gasteiger partial charge in [-0.1, -0.05) is 68.2 Å². The molecule has 0 aromatic heterocycles. The van der Waals surface area contributed by atoms with Gasteiger partial charge in [-0.2, -0.15) is 0 Å². The Balaban J connectivity index is 0. The van der Waals surface area contributed by atoms with Gasteiger partial charge in [0.25, 0.3) is 0 Å². The molecular formula is C18H38N2O2. The van der Waals surface area contributed by atoms with Gasteiger partial charge < -0.3 is 10.6 Å². The van der Waals surface area contributed by atoms with Gasteiger partial charge in [0.15, 0.2) is 0 Å². The Hall–Kier alpha value is -1.06. The third-order valence-electron chi connectivity index (χ3n) is 2.99. The molecule has 0 aromatic carbocycles. The molecule has 0 bridgehead atoms. The van der Waals surface area contributed by atoms with Crippen molar-refractivity contribution in [2.24, 2.45) is 10.8 Å². The van der Waals surface area contributed by atoms with Crippen LogP contribution in [-0.4, -0.2) is 24.9 Å². The number of carbonyl (C=O) groups excluding carboxylic acids is 2. The van der Waals surface area contributed by atoms with Crippen LogP contribution in [0.25, 0.3) is 0 Å². The molecule has 2 N–H and O–H groups in total. The van der Waals surface area contributed by atoms with Crippen molar-refractivity contribution in [1.29, 1.82) is 0 Å². The largest absolute Gasteiger partial charge is 0.356 e. The van der Waals surface area contributed by atoms with Gasteiger partial charge in [0, 0.05) is 23.9 Å². The molecular weight excluding hydrogens is 276 g/mol. The molecule has 0 rings (SSSR count). The van der Waals surface area contributed by atoms with Gasteiger partial charge in [-0.3, -0.25) is 9.59 Å². The summed E-state index contributed by atoms with van der Waals surface area (Å²) in [6, 6.07) is 0. The van der Waals surface area contributed by atoms with E-state index in [-0.39, 0.29) is 22.6 Å². The number of carbonyl (C=O) groups is 2. The highest BCUT2D eigenvalue weighted by atomic mass is 16.2. The summed E-state index contributed by atoms with van der Waals surface area (Å²) in [7, 11) is 0. The molecule has 22 heavy (non-hydrogen) atoms. The lowest BCUT2D eigenvalue weighted by molar-refractivity contribution is -0.129. The van der Waals surface area contributed by atoms with Crippen LogP contribution in [0.2, 0.25) is 0 Å². The summed E-state index contributed by atoms with van der Waals surface area (Å²) in [5.74, 6) is 0.289. The minimum atomic E-state index is -0.242. The topological polar surface area (TPSA) is 58.2 Å². The zero-order valence-corrected chi connectivity index (χ0v) is 16.1. The number of amides is 2. The Morgan fingerprint density at radius 3 is 1.14 bits per heavy atom. The van der Waals surface area contributed by atoms with Crippen molar-refractivity contribution in [1.82, 2.24) is 10.6 Å². The van der Waals surface area contributed by atoms with Gasteiger partial charge in [-0.15, -0.1) is 0 Å². The highest BCUT2D eigenvalue weighted by Gasteiger charge is 2.20. The average Bonchev–Trinajstić information content (AvgIpc) is 2.37. The van der Waals surface area contributed by atoms with Crippen molar-refractivity contribution in [2.75, 3.05) is 13.1 Å². The minimum Gasteiger partial charge on any atom is -0.356 e. The Bertz CT molecular complexity index is 280. The van der Waals surface area contributed by atoms with Gasteiger partial charge in [0.1, 0.15) is 0 Å². The lowest BCUT2D eigenvalue weighted by Crippen LogP contribution is -2.35. The number of hydrogen-bond donors (Lipinski definition) is 2. The highest BCUT2D eigenvalue weighted by Crippen LogP contribution is 2.12. The van der Waals surface area contributed by atoms with Crippen molar-refractivity contribution in [2.45, 2.75) is 81.1 Å². The maximum absolute atomic E-state index is 11.2. The summed E-state index contributed by atoms with van der Waals surface area (Å²) in [6.07, 6.45) is 4.40. The highest BCUT2D eigenvalue weighted by molar-refractivity contribution is 5.81. The molecule has 4 nitrogen and oxygen atoms in total. The van der Waals surface area contributed by atoms with E-state index >= 15 is 0 Å². The number of unbranched alkanes of at least 4 members (excludes halogenated alkanes) is 2. The van der Waals surface area contributed by atoms with Crippen molar-refractivity contribution in [3.05, 3.63) is 0 Å². The molecule has 132 valence electrons. The lowest BCUT2D eigenvalue weighted by atomic mass is 9.96. The third kappa shape index (κ3) is 13.9. The molecule has 0 heterocycles. The zero-order chi connectivity index (χ0) is 17.8. The van der Waals surface area contributed by atoms with E-state index in [1.807, 2.05) is 41.5 Å². The summed E-state index contributed by atoms with van der Waals surface area (Å²) in [6.45, 7) is 17.4.